The van der Waals surface area contributed by atoms with Crippen molar-refractivity contribution >= 4 is 0 Å². The second-order valence-corrected chi connectivity index (χ2v) is 26.5. The largest absolute Gasteiger partial charge is 0.428 e. The van der Waals surface area contributed by atoms with Crippen LogP contribution in [0.5, 0.6) is 0 Å². The molecule has 0 spiro atoms. The van der Waals surface area contributed by atoms with Crippen LogP contribution in [-0.4, -0.2) is 119 Å². The number of allylic oxidation sites excluding steroid dienone is 8. The topological polar surface area (TPSA) is 99.4 Å². The molecule has 8 saturated carbocycles. The van der Waals surface area contributed by atoms with Gasteiger partial charge in [-0.1, -0.05) is 48.6 Å². The standard InChI is InChI=1S/C17H20F6O2.C16H18F6O.C12H14F6O2.C11H12F6O/c18-16(19,20)15(24,17(21,22)23)7-25-6-11-4-10-5-12(11)14-9-2-1-8(3-9)13(10)14;17-15(18,19)14(23,16(20,21)22)6-10-4-9-5-11(10)13-8-2-1-7(3-8)12(9)13;13-11(14,15)10(19,12(16,17)18)6-20-5-9-4-7-1-2-8(9)3-7;12-10(13,14)9(18,11(15,16)17)5-8-4-6-1-2-7(8)3-6/h1-2,8-14,24H,3-7H2;1-2,7-13,23H,3-6H2;1-2,7-9,19H,3-6H2;1-2,6-8,18H,3-5H2. The number of hydrogen-bond donors (Lipinski definition) is 4. The van der Waals surface area contributed by atoms with Crippen LogP contribution < -0.4 is 0 Å². The summed E-state index contributed by atoms with van der Waals surface area (Å²) < 4.78 is 312. The summed E-state index contributed by atoms with van der Waals surface area (Å²) in [6.07, 6.45) is -25.0. The van der Waals surface area contributed by atoms with Gasteiger partial charge >= 0.3 is 49.4 Å². The third kappa shape index (κ3) is 11.9. The van der Waals surface area contributed by atoms with E-state index in [9.17, 15) is 110 Å². The van der Waals surface area contributed by atoms with Crippen molar-refractivity contribution in [3.63, 3.8) is 0 Å². The molecule has 0 aromatic heterocycles. The fraction of sp³-hybridized carbons (Fsp3) is 0.857. The highest BCUT2D eigenvalue weighted by Gasteiger charge is 2.75. The number of fused-ring (bicyclic) bond motifs is 22. The molecule has 0 saturated heterocycles. The lowest BCUT2D eigenvalue weighted by atomic mass is 9.67. The number of alkyl halides is 24. The van der Waals surface area contributed by atoms with Crippen LogP contribution in [0.1, 0.15) is 77.0 Å². The van der Waals surface area contributed by atoms with Gasteiger partial charge in [0, 0.05) is 6.61 Å². The van der Waals surface area contributed by atoms with Gasteiger partial charge in [-0.2, -0.15) is 105 Å². The average Bonchev–Trinajstić information content (AvgIpc) is 1.54. The van der Waals surface area contributed by atoms with Crippen LogP contribution in [0.2, 0.25) is 0 Å². The fourth-order valence-corrected chi connectivity index (χ4v) is 17.9. The van der Waals surface area contributed by atoms with Crippen LogP contribution >= 0.6 is 0 Å². The molecule has 12 aliphatic rings. The Kier molecular flexibility index (Phi) is 17.6. The first-order valence-corrected chi connectivity index (χ1v) is 28.5. The first-order chi connectivity index (χ1) is 39.1. The van der Waals surface area contributed by atoms with Crippen molar-refractivity contribution in [1.82, 2.24) is 0 Å². The second-order valence-electron chi connectivity index (χ2n) is 26.5. The van der Waals surface area contributed by atoms with Gasteiger partial charge in [-0.3, -0.25) is 0 Å². The average molecular weight is 1290 g/mol. The molecule has 20 atom stereocenters. The molecule has 4 N–H and O–H groups in total. The van der Waals surface area contributed by atoms with Crippen LogP contribution in [0, 0.1) is 118 Å². The monoisotopic (exact) mass is 1290 g/mol. The first-order valence-electron chi connectivity index (χ1n) is 28.5. The van der Waals surface area contributed by atoms with Crippen molar-refractivity contribution in [2.75, 3.05) is 26.4 Å². The normalized spacial score (nSPS) is 38.2. The maximum atomic E-state index is 12.9. The van der Waals surface area contributed by atoms with Crippen LogP contribution in [0.4, 0.5) is 105 Å². The molecule has 6 nitrogen and oxygen atoms in total. The molecule has 12 aliphatic carbocycles. The number of aliphatic hydroxyl groups is 4. The zero-order valence-corrected chi connectivity index (χ0v) is 45.2. The lowest BCUT2D eigenvalue weighted by Crippen LogP contribution is -2.60. The lowest BCUT2D eigenvalue weighted by Gasteiger charge is -2.41. The Morgan fingerprint density at radius 3 is 0.895 bits per heavy atom. The zero-order valence-electron chi connectivity index (χ0n) is 45.2. The van der Waals surface area contributed by atoms with Crippen molar-refractivity contribution in [3.05, 3.63) is 48.6 Å². The van der Waals surface area contributed by atoms with E-state index in [-0.39, 0.29) is 67.0 Å². The van der Waals surface area contributed by atoms with Gasteiger partial charge in [0.15, 0.2) is 0 Å². The number of rotatable bonds is 12. The molecule has 492 valence electrons. The van der Waals surface area contributed by atoms with E-state index in [0.29, 0.717) is 78.4 Å². The van der Waals surface area contributed by atoms with E-state index >= 15 is 0 Å². The van der Waals surface area contributed by atoms with Crippen molar-refractivity contribution < 1.29 is 135 Å². The van der Waals surface area contributed by atoms with Gasteiger partial charge in [0.1, 0.15) is 0 Å². The number of hydrogen-bond acceptors (Lipinski definition) is 6. The highest BCUT2D eigenvalue weighted by atomic mass is 19.4. The van der Waals surface area contributed by atoms with Gasteiger partial charge in [-0.05, 0) is 195 Å². The van der Waals surface area contributed by atoms with E-state index in [1.165, 1.54) is 0 Å². The summed E-state index contributed by atoms with van der Waals surface area (Å²) in [7, 11) is 0. The maximum absolute atomic E-state index is 12.9. The van der Waals surface area contributed by atoms with E-state index in [4.69, 9.17) is 20.1 Å². The van der Waals surface area contributed by atoms with Crippen molar-refractivity contribution in [3.8, 4) is 0 Å². The summed E-state index contributed by atoms with van der Waals surface area (Å²) in [4.78, 5) is 0. The van der Waals surface area contributed by atoms with Crippen LogP contribution in [0.25, 0.3) is 0 Å². The molecular weight excluding hydrogens is 1220 g/mol. The summed E-state index contributed by atoms with van der Waals surface area (Å²) in [6.45, 7) is -3.98. The minimum Gasteiger partial charge on any atom is -0.377 e. The highest BCUT2D eigenvalue weighted by Crippen LogP contribution is 2.70. The fourth-order valence-electron chi connectivity index (χ4n) is 17.9. The van der Waals surface area contributed by atoms with E-state index in [1.807, 2.05) is 18.2 Å². The molecule has 12 rings (SSSR count). The zero-order chi connectivity index (χ0) is 63.9. The molecule has 20 unspecified atom stereocenters. The molecule has 0 amide bonds. The van der Waals surface area contributed by atoms with Crippen molar-refractivity contribution in [1.29, 1.82) is 0 Å². The highest BCUT2D eigenvalue weighted by molar-refractivity contribution is 5.23. The van der Waals surface area contributed by atoms with Gasteiger partial charge < -0.3 is 29.9 Å². The molecule has 0 aromatic carbocycles. The molecule has 8 fully saturated rings. The minimum atomic E-state index is -5.82. The van der Waals surface area contributed by atoms with Crippen molar-refractivity contribution in [2.24, 2.45) is 118 Å². The Labute approximate surface area is 476 Å². The molecule has 30 heteroatoms. The maximum Gasteiger partial charge on any atom is 0.428 e. The SMILES string of the molecule is OC(CC1CC2C=CC1C2)(C(F)(F)F)C(F)(F)F.OC(CC1CC2CC1C1C3C=CC(C3)C21)(C(F)(F)F)C(F)(F)F.OC(COCC1CC2C=CC1C2)(C(F)(F)F)C(F)(F)F.OC(COCC1CC2CC1C1C3C=CC(C3)C21)(C(F)(F)F)C(F)(F)F. The predicted molar refractivity (Wildman–Crippen MR) is 252 cm³/mol. The van der Waals surface area contributed by atoms with Gasteiger partial charge in [0.25, 0.3) is 22.4 Å². The van der Waals surface area contributed by atoms with E-state index < -0.39 is 110 Å². The summed E-state index contributed by atoms with van der Waals surface area (Å²) in [6, 6.07) is 0. The third-order valence-corrected chi connectivity index (χ3v) is 21.8. The Balaban J connectivity index is 0.000000138. The molecular formula is C56H64F24O6. The smallest absolute Gasteiger partial charge is 0.377 e. The van der Waals surface area contributed by atoms with E-state index in [2.05, 4.69) is 29.0 Å². The summed E-state index contributed by atoms with van der Waals surface area (Å²) in [5, 5.41) is 36.6. The molecule has 0 aliphatic heterocycles. The second kappa shape index (κ2) is 22.4. The van der Waals surface area contributed by atoms with Gasteiger partial charge in [-0.25, -0.2) is 0 Å². The van der Waals surface area contributed by atoms with Gasteiger partial charge in [-0.15, -0.1) is 0 Å². The first kappa shape index (κ1) is 67.4. The van der Waals surface area contributed by atoms with E-state index in [1.54, 1.807) is 6.08 Å². The lowest BCUT2D eigenvalue weighted by molar-refractivity contribution is -0.379. The Bertz CT molecular complexity index is 2470. The molecule has 0 radical (unpaired) electrons. The molecule has 0 aromatic rings. The van der Waals surface area contributed by atoms with Crippen LogP contribution in [0.3, 0.4) is 0 Å². The molecule has 0 heterocycles. The number of ether oxygens (including phenoxy) is 2. The molecule has 12 bridgehead atoms. The van der Waals surface area contributed by atoms with E-state index in [0.717, 1.165) is 38.5 Å². The number of halogens is 24. The summed E-state index contributed by atoms with van der Waals surface area (Å²) in [5.41, 5.74) is -18.8. The predicted octanol–water partition coefficient (Wildman–Crippen LogP) is 14.8. The Morgan fingerprint density at radius 2 is 0.570 bits per heavy atom. The Morgan fingerprint density at radius 1 is 0.279 bits per heavy atom. The van der Waals surface area contributed by atoms with Gasteiger partial charge in [0.05, 0.1) is 19.8 Å². The summed E-state index contributed by atoms with van der Waals surface area (Å²) in [5.74, 6) is 3.39. The summed E-state index contributed by atoms with van der Waals surface area (Å²) >= 11 is 0. The van der Waals surface area contributed by atoms with Crippen LogP contribution in [-0.2, 0) is 9.47 Å². The van der Waals surface area contributed by atoms with Gasteiger partial charge in [0.2, 0.25) is 0 Å². The minimum absolute atomic E-state index is 0.00952. The van der Waals surface area contributed by atoms with Crippen LogP contribution in [0.15, 0.2) is 48.6 Å². The Hall–Kier alpha value is -2.96. The third-order valence-electron chi connectivity index (χ3n) is 21.8. The quantitative estimate of drug-likeness (QED) is 0.0883. The van der Waals surface area contributed by atoms with Crippen molar-refractivity contribution in [2.45, 2.75) is 149 Å². The molecule has 86 heavy (non-hydrogen) atoms.